The lowest BCUT2D eigenvalue weighted by atomic mass is 10.1. The van der Waals surface area contributed by atoms with Gasteiger partial charge >= 0.3 is 0 Å². The van der Waals surface area contributed by atoms with Crippen molar-refractivity contribution < 1.29 is 0 Å². The number of nitriles is 1. The Bertz CT molecular complexity index is 852. The van der Waals surface area contributed by atoms with Gasteiger partial charge in [0, 0.05) is 11.9 Å². The van der Waals surface area contributed by atoms with Gasteiger partial charge in [-0.3, -0.25) is 0 Å². The molecule has 1 aromatic heterocycles. The van der Waals surface area contributed by atoms with Crippen LogP contribution in [0.5, 0.6) is 0 Å². The Morgan fingerprint density at radius 2 is 1.71 bits per heavy atom. The molecule has 0 aliphatic heterocycles. The smallest absolute Gasteiger partial charge is 0.128 e. The summed E-state index contributed by atoms with van der Waals surface area (Å²) in [5.41, 5.74) is 5.09. The second-order valence-electron chi connectivity index (χ2n) is 5.37. The van der Waals surface area contributed by atoms with Crippen LogP contribution in [0, 0.1) is 25.2 Å². The third-order valence-electron chi connectivity index (χ3n) is 3.73. The molecule has 0 fully saturated rings. The number of rotatable bonds is 2. The number of aryl methyl sites for hydroxylation is 2. The van der Waals surface area contributed by atoms with E-state index in [1.165, 1.54) is 11.1 Å². The maximum Gasteiger partial charge on any atom is 0.128 e. The minimum absolute atomic E-state index is 0.513. The summed E-state index contributed by atoms with van der Waals surface area (Å²) in [6.07, 6.45) is 0. The molecule has 3 aromatic rings. The minimum Gasteiger partial charge on any atom is -0.326 e. The van der Waals surface area contributed by atoms with Crippen molar-refractivity contribution in [3.8, 4) is 6.07 Å². The fraction of sp³-hybridized carbons (Fsp3) is 0.167. The van der Waals surface area contributed by atoms with Crippen LogP contribution in [-0.4, -0.2) is 4.57 Å². The average molecular weight is 295 g/mol. The van der Waals surface area contributed by atoms with Crippen molar-refractivity contribution in [1.82, 2.24) is 4.57 Å². The van der Waals surface area contributed by atoms with Crippen LogP contribution < -0.4 is 0 Å². The molecule has 0 spiro atoms. The summed E-state index contributed by atoms with van der Waals surface area (Å²) in [4.78, 5) is 0. The molecule has 0 unspecified atom stereocenters. The zero-order chi connectivity index (χ0) is 15.0. The van der Waals surface area contributed by atoms with E-state index in [0.29, 0.717) is 17.3 Å². The fourth-order valence-electron chi connectivity index (χ4n) is 2.57. The Balaban J connectivity index is 2.16. The maximum atomic E-state index is 9.38. The Morgan fingerprint density at radius 3 is 2.38 bits per heavy atom. The van der Waals surface area contributed by atoms with Gasteiger partial charge in [-0.2, -0.15) is 5.26 Å². The largest absolute Gasteiger partial charge is 0.326 e. The Morgan fingerprint density at radius 1 is 1.05 bits per heavy atom. The molecular formula is C18H15ClN2. The zero-order valence-electron chi connectivity index (χ0n) is 12.0. The van der Waals surface area contributed by atoms with Crippen molar-refractivity contribution in [3.63, 3.8) is 0 Å². The molecule has 21 heavy (non-hydrogen) atoms. The van der Waals surface area contributed by atoms with Gasteiger partial charge in [0.1, 0.15) is 11.2 Å². The normalized spacial score (nSPS) is 10.8. The Labute approximate surface area is 129 Å². The molecule has 0 saturated carbocycles. The van der Waals surface area contributed by atoms with E-state index in [4.69, 9.17) is 11.6 Å². The topological polar surface area (TPSA) is 28.7 Å². The molecular weight excluding hydrogens is 280 g/mol. The van der Waals surface area contributed by atoms with Gasteiger partial charge in [-0.25, -0.2) is 0 Å². The van der Waals surface area contributed by atoms with Gasteiger partial charge < -0.3 is 4.57 Å². The summed E-state index contributed by atoms with van der Waals surface area (Å²) in [7, 11) is 0. The maximum absolute atomic E-state index is 9.38. The predicted octanol–water partition coefficient (Wildman–Crippen LogP) is 4.83. The lowest BCUT2D eigenvalue weighted by Crippen LogP contribution is -1.99. The molecule has 0 N–H and O–H groups in total. The summed E-state index contributed by atoms with van der Waals surface area (Å²) < 4.78 is 2.00. The summed E-state index contributed by atoms with van der Waals surface area (Å²) in [6, 6.07) is 16.7. The van der Waals surface area contributed by atoms with Crippen LogP contribution in [0.4, 0.5) is 0 Å². The zero-order valence-corrected chi connectivity index (χ0v) is 12.8. The van der Waals surface area contributed by atoms with Crippen molar-refractivity contribution in [2.24, 2.45) is 0 Å². The number of nitrogens with zero attached hydrogens (tertiary/aromatic N) is 2. The van der Waals surface area contributed by atoms with Crippen LogP contribution in [0.15, 0.2) is 42.5 Å². The Kier molecular flexibility index (Phi) is 3.45. The molecule has 2 nitrogen and oxygen atoms in total. The number of halogens is 1. The monoisotopic (exact) mass is 294 g/mol. The molecule has 104 valence electrons. The van der Waals surface area contributed by atoms with Crippen LogP contribution in [0.25, 0.3) is 10.9 Å². The van der Waals surface area contributed by atoms with E-state index in [1.807, 2.05) is 29.7 Å². The first-order valence-electron chi connectivity index (χ1n) is 6.84. The molecule has 1 heterocycles. The van der Waals surface area contributed by atoms with Crippen molar-refractivity contribution in [1.29, 1.82) is 5.26 Å². The fourth-order valence-corrected chi connectivity index (χ4v) is 2.87. The first-order chi connectivity index (χ1) is 10.1. The van der Waals surface area contributed by atoms with Crippen molar-refractivity contribution in [2.75, 3.05) is 0 Å². The van der Waals surface area contributed by atoms with Crippen molar-refractivity contribution in [3.05, 3.63) is 69.9 Å². The van der Waals surface area contributed by atoms with Crippen LogP contribution in [0.3, 0.4) is 0 Å². The number of fused-ring (bicyclic) bond motifs is 1. The van der Waals surface area contributed by atoms with Crippen LogP contribution in [0.1, 0.15) is 22.3 Å². The third-order valence-corrected chi connectivity index (χ3v) is 4.12. The SMILES string of the molecule is Cc1ccc(Cn2c(Cl)c(C#N)c3cc(C)ccc32)cc1. The molecule has 0 aliphatic carbocycles. The van der Waals surface area contributed by atoms with E-state index in [9.17, 15) is 5.26 Å². The summed E-state index contributed by atoms with van der Waals surface area (Å²) in [5.74, 6) is 0. The van der Waals surface area contributed by atoms with Gasteiger partial charge in [-0.1, -0.05) is 53.1 Å². The molecule has 0 aliphatic rings. The molecule has 0 atom stereocenters. The predicted molar refractivity (Wildman–Crippen MR) is 86.7 cm³/mol. The van der Waals surface area contributed by atoms with Gasteiger partial charge in [0.15, 0.2) is 0 Å². The van der Waals surface area contributed by atoms with E-state index in [2.05, 4.69) is 37.3 Å². The average Bonchev–Trinajstić information content (AvgIpc) is 2.73. The highest BCUT2D eigenvalue weighted by Crippen LogP contribution is 2.31. The lowest BCUT2D eigenvalue weighted by Gasteiger charge is -2.08. The second-order valence-corrected chi connectivity index (χ2v) is 5.73. The third kappa shape index (κ3) is 2.41. The molecule has 3 heteroatoms. The molecule has 0 amide bonds. The van der Waals surface area contributed by atoms with Crippen LogP contribution in [-0.2, 0) is 6.54 Å². The number of benzene rings is 2. The van der Waals surface area contributed by atoms with Gasteiger partial charge in [-0.15, -0.1) is 0 Å². The van der Waals surface area contributed by atoms with Gasteiger partial charge in [0.25, 0.3) is 0 Å². The van der Waals surface area contributed by atoms with E-state index in [1.54, 1.807) is 0 Å². The first kappa shape index (κ1) is 13.7. The molecule has 0 radical (unpaired) electrons. The summed E-state index contributed by atoms with van der Waals surface area (Å²) in [6.45, 7) is 4.75. The number of aromatic nitrogens is 1. The molecule has 0 saturated heterocycles. The summed E-state index contributed by atoms with van der Waals surface area (Å²) in [5, 5.41) is 10.8. The first-order valence-corrected chi connectivity index (χ1v) is 7.22. The van der Waals surface area contributed by atoms with E-state index in [0.717, 1.165) is 16.5 Å². The van der Waals surface area contributed by atoms with E-state index in [-0.39, 0.29) is 0 Å². The Hall–Kier alpha value is -2.24. The van der Waals surface area contributed by atoms with Gasteiger partial charge in [-0.05, 0) is 31.5 Å². The number of hydrogen-bond donors (Lipinski definition) is 0. The molecule has 3 rings (SSSR count). The number of hydrogen-bond acceptors (Lipinski definition) is 1. The van der Waals surface area contributed by atoms with Crippen LogP contribution >= 0.6 is 11.6 Å². The van der Waals surface area contributed by atoms with Gasteiger partial charge in [0.05, 0.1) is 11.1 Å². The highest BCUT2D eigenvalue weighted by atomic mass is 35.5. The molecule has 0 bridgehead atoms. The van der Waals surface area contributed by atoms with Gasteiger partial charge in [0.2, 0.25) is 0 Å². The quantitative estimate of drug-likeness (QED) is 0.665. The van der Waals surface area contributed by atoms with Crippen molar-refractivity contribution in [2.45, 2.75) is 20.4 Å². The standard InChI is InChI=1S/C18H15ClN2/c1-12-3-6-14(7-4-12)11-21-17-8-5-13(2)9-15(17)16(10-20)18(21)19/h3-9H,11H2,1-2H3. The van der Waals surface area contributed by atoms with Crippen molar-refractivity contribution >= 4 is 22.5 Å². The summed E-state index contributed by atoms with van der Waals surface area (Å²) >= 11 is 6.43. The highest BCUT2D eigenvalue weighted by molar-refractivity contribution is 6.32. The van der Waals surface area contributed by atoms with E-state index >= 15 is 0 Å². The second kappa shape index (κ2) is 5.27. The molecule has 2 aromatic carbocycles. The minimum atomic E-state index is 0.513. The van der Waals surface area contributed by atoms with Crippen LogP contribution in [0.2, 0.25) is 5.15 Å². The van der Waals surface area contributed by atoms with E-state index < -0.39 is 0 Å². The lowest BCUT2D eigenvalue weighted by molar-refractivity contribution is 0.836. The highest BCUT2D eigenvalue weighted by Gasteiger charge is 2.15.